The van der Waals surface area contributed by atoms with Crippen molar-refractivity contribution in [2.75, 3.05) is 6.61 Å². The molecule has 0 aliphatic carbocycles. The number of hydrogen-bond donors (Lipinski definition) is 7. The van der Waals surface area contributed by atoms with Gasteiger partial charge in [-0.25, -0.2) is 4.79 Å². The number of nitrogens with two attached hydrogens (primary N) is 1. The van der Waals surface area contributed by atoms with Crippen LogP contribution in [0, 0.1) is 11.8 Å². The Bertz CT molecular complexity index is 2050. The van der Waals surface area contributed by atoms with E-state index in [4.69, 9.17) is 10.5 Å². The fourth-order valence-electron chi connectivity index (χ4n) is 6.96. The SMILES string of the molecule is C.CC(C)[C@H](NC(=O)[C@H](Cc1ccccc1)NC(=O)OC(C)(C)C)C(=O)N[C@@H](Cc1ccccc1)[C@@H](N)CC(=O)N[C@@H](Cc1cccc2ccccc12)C(=O)N[C@H](CO)C(C)C. The summed E-state index contributed by atoms with van der Waals surface area (Å²) in [6.45, 7) is 12.3. The maximum absolute atomic E-state index is 14.2. The summed E-state index contributed by atoms with van der Waals surface area (Å²) in [7, 11) is 0. The van der Waals surface area contributed by atoms with Crippen molar-refractivity contribution < 1.29 is 33.8 Å². The molecule has 8 N–H and O–H groups in total. The van der Waals surface area contributed by atoms with Gasteiger partial charge in [-0.2, -0.15) is 0 Å². The van der Waals surface area contributed by atoms with E-state index in [1.54, 1.807) is 34.6 Å². The van der Waals surface area contributed by atoms with Gasteiger partial charge in [0.25, 0.3) is 0 Å². The lowest BCUT2D eigenvalue weighted by atomic mass is 9.95. The molecule has 0 unspecified atom stereocenters. The minimum Gasteiger partial charge on any atom is -0.444 e. The molecule has 4 aromatic rings. The van der Waals surface area contributed by atoms with E-state index in [2.05, 4.69) is 26.6 Å². The highest BCUT2D eigenvalue weighted by atomic mass is 16.6. The monoisotopic (exact) mass is 853 g/mol. The number of fused-ring (bicyclic) bond motifs is 1. The number of aliphatic hydroxyl groups excluding tert-OH is 1. The molecule has 5 amide bonds. The minimum absolute atomic E-state index is 0. The van der Waals surface area contributed by atoms with Gasteiger partial charge >= 0.3 is 6.09 Å². The molecule has 336 valence electrons. The maximum atomic E-state index is 14.2. The largest absolute Gasteiger partial charge is 0.444 e. The van der Waals surface area contributed by atoms with Crippen LogP contribution in [-0.4, -0.2) is 83.3 Å². The number of nitrogens with one attached hydrogen (secondary N) is 5. The first-order valence-electron chi connectivity index (χ1n) is 21.0. The van der Waals surface area contributed by atoms with Gasteiger partial charge in [0.1, 0.15) is 23.7 Å². The lowest BCUT2D eigenvalue weighted by Crippen LogP contribution is -2.60. The molecule has 0 heterocycles. The van der Waals surface area contributed by atoms with E-state index in [0.29, 0.717) is 0 Å². The van der Waals surface area contributed by atoms with Crippen molar-refractivity contribution in [3.8, 4) is 0 Å². The molecule has 0 aromatic heterocycles. The third-order valence-electron chi connectivity index (χ3n) is 10.4. The van der Waals surface area contributed by atoms with Crippen LogP contribution in [0.4, 0.5) is 4.79 Å². The molecular formula is C49H68N6O7. The third-order valence-corrected chi connectivity index (χ3v) is 10.4. The van der Waals surface area contributed by atoms with Gasteiger partial charge in [-0.1, -0.05) is 138 Å². The molecule has 0 saturated carbocycles. The Kier molecular flexibility index (Phi) is 19.6. The van der Waals surface area contributed by atoms with Crippen molar-refractivity contribution in [3.05, 3.63) is 120 Å². The fourth-order valence-corrected chi connectivity index (χ4v) is 6.96. The van der Waals surface area contributed by atoms with Crippen molar-refractivity contribution in [2.24, 2.45) is 17.6 Å². The van der Waals surface area contributed by atoms with Crippen LogP contribution in [-0.2, 0) is 43.2 Å². The van der Waals surface area contributed by atoms with Crippen LogP contribution in [0.25, 0.3) is 10.8 Å². The molecule has 0 aliphatic rings. The summed E-state index contributed by atoms with van der Waals surface area (Å²) < 4.78 is 5.45. The highest BCUT2D eigenvalue weighted by molar-refractivity contribution is 5.92. The molecule has 62 heavy (non-hydrogen) atoms. The Hall–Kier alpha value is -5.79. The Balaban J connectivity index is 0.0000102. The minimum atomic E-state index is -1.07. The van der Waals surface area contributed by atoms with Crippen LogP contribution in [0.1, 0.15) is 79.0 Å². The van der Waals surface area contributed by atoms with Gasteiger partial charge in [-0.05, 0) is 66.5 Å². The number of amides is 5. The van der Waals surface area contributed by atoms with Gasteiger partial charge in [0, 0.05) is 31.3 Å². The van der Waals surface area contributed by atoms with E-state index < -0.39 is 71.6 Å². The van der Waals surface area contributed by atoms with Crippen LogP contribution >= 0.6 is 0 Å². The number of rotatable bonds is 20. The Labute approximate surface area is 367 Å². The van der Waals surface area contributed by atoms with Crippen molar-refractivity contribution in [1.29, 1.82) is 0 Å². The number of aliphatic hydroxyl groups is 1. The first-order valence-corrected chi connectivity index (χ1v) is 21.0. The molecule has 0 spiro atoms. The second kappa shape index (κ2) is 24.0. The van der Waals surface area contributed by atoms with Crippen molar-refractivity contribution in [3.63, 3.8) is 0 Å². The highest BCUT2D eigenvalue weighted by Crippen LogP contribution is 2.21. The number of benzene rings is 4. The maximum Gasteiger partial charge on any atom is 0.408 e. The molecular weight excluding hydrogens is 785 g/mol. The van der Waals surface area contributed by atoms with Crippen molar-refractivity contribution >= 4 is 40.5 Å². The van der Waals surface area contributed by atoms with Gasteiger partial charge in [-0.3, -0.25) is 19.2 Å². The van der Waals surface area contributed by atoms with Crippen LogP contribution < -0.4 is 32.3 Å². The zero-order valence-corrected chi connectivity index (χ0v) is 36.4. The van der Waals surface area contributed by atoms with Crippen LogP contribution in [0.5, 0.6) is 0 Å². The summed E-state index contributed by atoms with van der Waals surface area (Å²) >= 11 is 0. The summed E-state index contributed by atoms with van der Waals surface area (Å²) in [4.78, 5) is 68.7. The topological polar surface area (TPSA) is 201 Å². The standard InChI is InChI=1S/C48H64N6O7.CH4/c1-30(2)41(29-55)52-44(57)40(27-35-23-16-22-34-21-14-15-24-36(34)35)50-42(56)28-37(49)38(25-32-17-10-8-11-18-32)51-46(59)43(31(3)4)54-45(58)39(26-33-19-12-9-13-20-33)53-47(60)61-48(5,6)7;/h8-24,30-31,37-41,43,55H,25-29,49H2,1-7H3,(H,50,56)(H,51,59)(H,52,57)(H,53,60)(H,54,58);1H4/t37-,38-,39-,40-,41+,43-;/m0./s1. The van der Waals surface area contributed by atoms with Crippen LogP contribution in [0.2, 0.25) is 0 Å². The molecule has 0 bridgehead atoms. The average molecular weight is 853 g/mol. The summed E-state index contributed by atoms with van der Waals surface area (Å²) in [5, 5.41) is 26.3. The quantitative estimate of drug-likeness (QED) is 0.0616. The molecule has 4 rings (SSSR count). The van der Waals surface area contributed by atoms with E-state index in [9.17, 15) is 29.1 Å². The molecule has 0 fully saturated rings. The van der Waals surface area contributed by atoms with Crippen molar-refractivity contribution in [2.45, 2.75) is 123 Å². The van der Waals surface area contributed by atoms with Gasteiger partial charge in [0.15, 0.2) is 0 Å². The predicted octanol–water partition coefficient (Wildman–Crippen LogP) is 5.36. The fraction of sp³-hybridized carbons (Fsp3) is 0.449. The first kappa shape index (κ1) is 50.6. The predicted molar refractivity (Wildman–Crippen MR) is 245 cm³/mol. The summed E-state index contributed by atoms with van der Waals surface area (Å²) in [6, 6.07) is 26.8. The Morgan fingerprint density at radius 1 is 0.613 bits per heavy atom. The van der Waals surface area contributed by atoms with E-state index in [1.807, 2.05) is 117 Å². The zero-order chi connectivity index (χ0) is 44.7. The number of alkyl carbamates (subject to hydrolysis) is 1. The normalized spacial score (nSPS) is 14.3. The lowest BCUT2D eigenvalue weighted by molar-refractivity contribution is -0.131. The molecule has 0 radical (unpaired) electrons. The number of carbonyl (C=O) groups excluding carboxylic acids is 5. The molecule has 4 aromatic carbocycles. The summed E-state index contributed by atoms with van der Waals surface area (Å²) in [5.41, 5.74) is 8.50. The van der Waals surface area contributed by atoms with E-state index in [0.717, 1.165) is 27.5 Å². The van der Waals surface area contributed by atoms with E-state index in [1.165, 1.54) is 0 Å². The molecule has 0 aliphatic heterocycles. The van der Waals surface area contributed by atoms with Crippen LogP contribution in [0.3, 0.4) is 0 Å². The van der Waals surface area contributed by atoms with Crippen molar-refractivity contribution in [1.82, 2.24) is 26.6 Å². The van der Waals surface area contributed by atoms with E-state index in [-0.39, 0.29) is 51.6 Å². The third kappa shape index (κ3) is 15.9. The zero-order valence-electron chi connectivity index (χ0n) is 36.4. The summed E-state index contributed by atoms with van der Waals surface area (Å²) in [6.07, 6.45) is -0.428. The smallest absolute Gasteiger partial charge is 0.408 e. The second-order valence-electron chi connectivity index (χ2n) is 17.3. The van der Waals surface area contributed by atoms with Gasteiger partial charge in [0.05, 0.1) is 12.6 Å². The van der Waals surface area contributed by atoms with Gasteiger partial charge < -0.3 is 42.2 Å². The second-order valence-corrected chi connectivity index (χ2v) is 17.3. The Morgan fingerprint density at radius 2 is 1.15 bits per heavy atom. The van der Waals surface area contributed by atoms with Gasteiger partial charge in [-0.15, -0.1) is 0 Å². The highest BCUT2D eigenvalue weighted by Gasteiger charge is 2.33. The molecule has 6 atom stereocenters. The average Bonchev–Trinajstić information content (AvgIpc) is 3.20. The van der Waals surface area contributed by atoms with E-state index >= 15 is 0 Å². The molecule has 13 nitrogen and oxygen atoms in total. The molecule has 13 heteroatoms. The Morgan fingerprint density at radius 3 is 1.73 bits per heavy atom. The summed E-state index contributed by atoms with van der Waals surface area (Å²) in [5.74, 6) is -2.50. The number of ether oxygens (including phenoxy) is 1. The molecule has 0 saturated heterocycles. The van der Waals surface area contributed by atoms with Gasteiger partial charge in [0.2, 0.25) is 23.6 Å². The first-order chi connectivity index (χ1) is 28.9. The number of hydrogen-bond acceptors (Lipinski definition) is 8. The van der Waals surface area contributed by atoms with Crippen LogP contribution in [0.15, 0.2) is 103 Å². The lowest BCUT2D eigenvalue weighted by Gasteiger charge is -2.30. The number of carbonyl (C=O) groups is 5.